The standard InChI is InChI=1S/C20H25NO/c1-2-18-10-6-7-14-21(18)16-17-9-8-13-20(15-17)22-19-11-4-3-5-12-19/h3-5,8-9,11-13,15,18H,2,6-7,10,14,16H2,1H3. The minimum atomic E-state index is 0.743. The van der Waals surface area contributed by atoms with Crippen molar-refractivity contribution in [3.8, 4) is 11.5 Å². The quantitative estimate of drug-likeness (QED) is 0.747. The highest BCUT2D eigenvalue weighted by molar-refractivity contribution is 5.33. The summed E-state index contributed by atoms with van der Waals surface area (Å²) in [6, 6.07) is 19.2. The fourth-order valence-electron chi connectivity index (χ4n) is 3.30. The van der Waals surface area contributed by atoms with Crippen LogP contribution in [-0.4, -0.2) is 17.5 Å². The summed E-state index contributed by atoms with van der Waals surface area (Å²) < 4.78 is 5.94. The van der Waals surface area contributed by atoms with E-state index in [4.69, 9.17) is 4.74 Å². The molecule has 22 heavy (non-hydrogen) atoms. The van der Waals surface area contributed by atoms with Crippen LogP contribution in [0.3, 0.4) is 0 Å². The van der Waals surface area contributed by atoms with E-state index in [0.717, 1.165) is 24.1 Å². The molecule has 1 fully saturated rings. The predicted molar refractivity (Wildman–Crippen MR) is 91.3 cm³/mol. The van der Waals surface area contributed by atoms with Crippen LogP contribution in [0.15, 0.2) is 54.6 Å². The third kappa shape index (κ3) is 3.89. The van der Waals surface area contributed by atoms with Gasteiger partial charge >= 0.3 is 0 Å². The highest BCUT2D eigenvalue weighted by Gasteiger charge is 2.20. The molecule has 1 saturated heterocycles. The van der Waals surface area contributed by atoms with Crippen LogP contribution in [0.2, 0.25) is 0 Å². The first kappa shape index (κ1) is 15.1. The van der Waals surface area contributed by atoms with Gasteiger partial charge in [-0.15, -0.1) is 0 Å². The number of hydrogen-bond donors (Lipinski definition) is 0. The van der Waals surface area contributed by atoms with E-state index in [-0.39, 0.29) is 0 Å². The molecule has 116 valence electrons. The molecule has 0 amide bonds. The van der Waals surface area contributed by atoms with E-state index in [1.165, 1.54) is 37.8 Å². The molecule has 0 aromatic heterocycles. The Labute approximate surface area is 133 Å². The molecule has 1 unspecified atom stereocenters. The zero-order valence-corrected chi connectivity index (χ0v) is 13.4. The number of piperidine rings is 1. The van der Waals surface area contributed by atoms with Gasteiger partial charge in [-0.05, 0) is 55.6 Å². The van der Waals surface area contributed by atoms with Crippen LogP contribution in [-0.2, 0) is 6.54 Å². The minimum absolute atomic E-state index is 0.743. The molecule has 2 aromatic carbocycles. The molecule has 1 atom stereocenters. The van der Waals surface area contributed by atoms with E-state index in [1.807, 2.05) is 36.4 Å². The second-order valence-corrected chi connectivity index (χ2v) is 6.09. The van der Waals surface area contributed by atoms with E-state index in [9.17, 15) is 0 Å². The van der Waals surface area contributed by atoms with Crippen molar-refractivity contribution in [1.82, 2.24) is 4.90 Å². The molecule has 0 spiro atoms. The van der Waals surface area contributed by atoms with Crippen LogP contribution in [0.1, 0.15) is 38.2 Å². The number of nitrogens with zero attached hydrogens (tertiary/aromatic N) is 1. The molecule has 0 aliphatic carbocycles. The Bertz CT molecular complexity index is 581. The largest absolute Gasteiger partial charge is 0.457 e. The van der Waals surface area contributed by atoms with E-state index in [1.54, 1.807) is 0 Å². The van der Waals surface area contributed by atoms with Gasteiger partial charge in [-0.3, -0.25) is 4.90 Å². The Morgan fingerprint density at radius 3 is 2.64 bits per heavy atom. The molecule has 1 heterocycles. The van der Waals surface area contributed by atoms with Gasteiger partial charge < -0.3 is 4.74 Å². The first-order valence-corrected chi connectivity index (χ1v) is 8.41. The molecule has 0 N–H and O–H groups in total. The zero-order valence-electron chi connectivity index (χ0n) is 13.4. The monoisotopic (exact) mass is 295 g/mol. The summed E-state index contributed by atoms with van der Waals surface area (Å²) in [6.07, 6.45) is 5.31. The molecule has 3 rings (SSSR count). The van der Waals surface area contributed by atoms with E-state index < -0.39 is 0 Å². The average molecular weight is 295 g/mol. The molecule has 1 aliphatic heterocycles. The minimum Gasteiger partial charge on any atom is -0.457 e. The van der Waals surface area contributed by atoms with Crippen LogP contribution in [0.4, 0.5) is 0 Å². The van der Waals surface area contributed by atoms with Crippen molar-refractivity contribution in [2.24, 2.45) is 0 Å². The van der Waals surface area contributed by atoms with Crippen LogP contribution >= 0.6 is 0 Å². The van der Waals surface area contributed by atoms with Gasteiger partial charge in [-0.1, -0.05) is 43.7 Å². The molecule has 1 aliphatic rings. The van der Waals surface area contributed by atoms with Gasteiger partial charge in [0.25, 0.3) is 0 Å². The lowest BCUT2D eigenvalue weighted by Crippen LogP contribution is -2.38. The van der Waals surface area contributed by atoms with Crippen molar-refractivity contribution in [2.75, 3.05) is 6.54 Å². The van der Waals surface area contributed by atoms with Crippen molar-refractivity contribution in [2.45, 2.75) is 45.2 Å². The highest BCUT2D eigenvalue weighted by atomic mass is 16.5. The molecule has 0 bridgehead atoms. The maximum atomic E-state index is 5.94. The summed E-state index contributed by atoms with van der Waals surface area (Å²) >= 11 is 0. The average Bonchev–Trinajstić information content (AvgIpc) is 2.57. The number of benzene rings is 2. The summed E-state index contributed by atoms with van der Waals surface area (Å²) in [6.45, 7) is 4.56. The van der Waals surface area contributed by atoms with Crippen LogP contribution in [0.25, 0.3) is 0 Å². The second-order valence-electron chi connectivity index (χ2n) is 6.09. The Balaban J connectivity index is 1.68. The fourth-order valence-corrected chi connectivity index (χ4v) is 3.30. The van der Waals surface area contributed by atoms with Crippen LogP contribution in [0.5, 0.6) is 11.5 Å². The van der Waals surface area contributed by atoms with Crippen LogP contribution in [0, 0.1) is 0 Å². The SMILES string of the molecule is CCC1CCCCN1Cc1cccc(Oc2ccccc2)c1. The van der Waals surface area contributed by atoms with Gasteiger partial charge in [0.15, 0.2) is 0 Å². The Morgan fingerprint density at radius 2 is 1.82 bits per heavy atom. The number of rotatable bonds is 5. The molecular weight excluding hydrogens is 270 g/mol. The van der Waals surface area contributed by atoms with Crippen LogP contribution < -0.4 is 4.74 Å². The Kier molecular flexibility index (Phi) is 5.12. The summed E-state index contributed by atoms with van der Waals surface area (Å²) in [7, 11) is 0. The normalized spacial score (nSPS) is 19.0. The maximum Gasteiger partial charge on any atom is 0.127 e. The van der Waals surface area contributed by atoms with Crippen molar-refractivity contribution in [3.05, 3.63) is 60.2 Å². The number of ether oxygens (including phenoxy) is 1. The molecule has 0 saturated carbocycles. The van der Waals surface area contributed by atoms with Gasteiger partial charge in [-0.2, -0.15) is 0 Å². The van der Waals surface area contributed by atoms with E-state index >= 15 is 0 Å². The molecule has 2 aromatic rings. The third-order valence-corrected chi connectivity index (χ3v) is 4.48. The maximum absolute atomic E-state index is 5.94. The van der Waals surface area contributed by atoms with Gasteiger partial charge in [0, 0.05) is 12.6 Å². The third-order valence-electron chi connectivity index (χ3n) is 4.48. The predicted octanol–water partition coefficient (Wildman–Crippen LogP) is 5.24. The lowest BCUT2D eigenvalue weighted by molar-refractivity contribution is 0.136. The zero-order chi connectivity index (χ0) is 15.2. The first-order valence-electron chi connectivity index (χ1n) is 8.41. The van der Waals surface area contributed by atoms with Crippen molar-refractivity contribution >= 4 is 0 Å². The molecule has 0 radical (unpaired) electrons. The fraction of sp³-hybridized carbons (Fsp3) is 0.400. The molecular formula is C20H25NO. The van der Waals surface area contributed by atoms with Crippen molar-refractivity contribution in [3.63, 3.8) is 0 Å². The summed E-state index contributed by atoms with van der Waals surface area (Å²) in [4.78, 5) is 2.63. The second kappa shape index (κ2) is 7.46. The summed E-state index contributed by atoms with van der Waals surface area (Å²) in [5.41, 5.74) is 1.34. The number of hydrogen-bond acceptors (Lipinski definition) is 2. The topological polar surface area (TPSA) is 12.5 Å². The van der Waals surface area contributed by atoms with E-state index in [0.29, 0.717) is 0 Å². The van der Waals surface area contributed by atoms with Crippen molar-refractivity contribution < 1.29 is 4.74 Å². The lowest BCUT2D eigenvalue weighted by atomic mass is 9.99. The Morgan fingerprint density at radius 1 is 1.00 bits per heavy atom. The molecule has 2 heteroatoms. The van der Waals surface area contributed by atoms with Gasteiger partial charge in [-0.25, -0.2) is 0 Å². The molecule has 2 nitrogen and oxygen atoms in total. The number of para-hydroxylation sites is 1. The summed E-state index contributed by atoms with van der Waals surface area (Å²) in [5.74, 6) is 1.82. The van der Waals surface area contributed by atoms with Crippen molar-refractivity contribution in [1.29, 1.82) is 0 Å². The first-order chi connectivity index (χ1) is 10.8. The Hall–Kier alpha value is -1.80. The number of likely N-dealkylation sites (tertiary alicyclic amines) is 1. The summed E-state index contributed by atoms with van der Waals surface area (Å²) in [5, 5.41) is 0. The van der Waals surface area contributed by atoms with E-state index in [2.05, 4.69) is 30.0 Å². The highest BCUT2D eigenvalue weighted by Crippen LogP contribution is 2.25. The van der Waals surface area contributed by atoms with Gasteiger partial charge in [0.2, 0.25) is 0 Å². The lowest BCUT2D eigenvalue weighted by Gasteiger charge is -2.35. The van der Waals surface area contributed by atoms with Gasteiger partial charge in [0.05, 0.1) is 0 Å². The smallest absolute Gasteiger partial charge is 0.127 e. The van der Waals surface area contributed by atoms with Gasteiger partial charge in [0.1, 0.15) is 11.5 Å².